The van der Waals surface area contributed by atoms with Gasteiger partial charge in [-0.3, -0.25) is 0 Å². The van der Waals surface area contributed by atoms with Crippen LogP contribution in [0.3, 0.4) is 0 Å². The zero-order chi connectivity index (χ0) is 15.0. The highest BCUT2D eigenvalue weighted by Crippen LogP contribution is 2.45. The van der Waals surface area contributed by atoms with Gasteiger partial charge in [0.25, 0.3) is 0 Å². The second kappa shape index (κ2) is 6.00. The van der Waals surface area contributed by atoms with Gasteiger partial charge in [0, 0.05) is 10.9 Å². The molecule has 0 aliphatic heterocycles. The monoisotopic (exact) mass is 306 g/mol. The normalized spacial score (nSPS) is 33.2. The van der Waals surface area contributed by atoms with Crippen molar-refractivity contribution >= 4 is 11.3 Å². The van der Waals surface area contributed by atoms with Crippen LogP contribution in [-0.4, -0.2) is 11.0 Å². The lowest BCUT2D eigenvalue weighted by Crippen LogP contribution is -2.50. The number of nitrogens with one attached hydrogen (secondary N) is 1. The molecule has 2 aliphatic rings. The van der Waals surface area contributed by atoms with E-state index in [9.17, 15) is 0 Å². The maximum Gasteiger partial charge on any atom is 0.113 e. The smallest absolute Gasteiger partial charge is 0.113 e. The molecule has 1 saturated carbocycles. The van der Waals surface area contributed by atoms with Gasteiger partial charge in [-0.2, -0.15) is 0 Å². The van der Waals surface area contributed by atoms with E-state index in [1.807, 2.05) is 11.3 Å². The fourth-order valence-corrected chi connectivity index (χ4v) is 5.45. The Morgan fingerprint density at radius 1 is 1.19 bits per heavy atom. The molecule has 21 heavy (non-hydrogen) atoms. The van der Waals surface area contributed by atoms with Crippen molar-refractivity contribution in [3.63, 3.8) is 0 Å². The third-order valence-corrected chi connectivity index (χ3v) is 6.85. The van der Waals surface area contributed by atoms with Gasteiger partial charge in [-0.25, -0.2) is 4.98 Å². The molecule has 0 radical (unpaired) electrons. The van der Waals surface area contributed by atoms with Gasteiger partial charge in [0.2, 0.25) is 0 Å². The van der Waals surface area contributed by atoms with Crippen molar-refractivity contribution in [2.24, 2.45) is 11.8 Å². The first-order chi connectivity index (χ1) is 10.00. The zero-order valence-electron chi connectivity index (χ0n) is 14.0. The maximum atomic E-state index is 5.12. The summed E-state index contributed by atoms with van der Waals surface area (Å²) < 4.78 is 0. The van der Waals surface area contributed by atoms with E-state index in [0.29, 0.717) is 6.04 Å². The summed E-state index contributed by atoms with van der Waals surface area (Å²) in [6, 6.07) is 0.520. The quantitative estimate of drug-likeness (QED) is 0.877. The Morgan fingerprint density at radius 2 is 1.95 bits per heavy atom. The molecule has 3 rings (SSSR count). The van der Waals surface area contributed by atoms with Crippen LogP contribution in [0.25, 0.3) is 0 Å². The van der Waals surface area contributed by atoms with Crippen molar-refractivity contribution < 1.29 is 0 Å². The number of thiazole rings is 1. The topological polar surface area (TPSA) is 24.9 Å². The van der Waals surface area contributed by atoms with Gasteiger partial charge in [0.1, 0.15) is 5.01 Å². The molecule has 0 aromatic carbocycles. The summed E-state index contributed by atoms with van der Waals surface area (Å²) in [5.74, 6) is 1.63. The van der Waals surface area contributed by atoms with E-state index in [4.69, 9.17) is 4.98 Å². The van der Waals surface area contributed by atoms with E-state index in [1.54, 1.807) is 4.88 Å². The molecule has 1 aromatic rings. The maximum absolute atomic E-state index is 5.12. The van der Waals surface area contributed by atoms with Crippen LogP contribution in [0.4, 0.5) is 0 Å². The third-order valence-electron chi connectivity index (χ3n) is 5.49. The molecule has 0 spiro atoms. The number of rotatable bonds is 3. The molecule has 118 valence electrons. The predicted octanol–water partition coefficient (Wildman–Crippen LogP) is 4.67. The Balaban J connectivity index is 1.93. The highest BCUT2D eigenvalue weighted by atomic mass is 32.1. The lowest BCUT2D eigenvalue weighted by atomic mass is 9.71. The zero-order valence-corrected chi connectivity index (χ0v) is 14.9. The predicted molar refractivity (Wildman–Crippen MR) is 90.9 cm³/mol. The van der Waals surface area contributed by atoms with Gasteiger partial charge >= 0.3 is 0 Å². The van der Waals surface area contributed by atoms with Crippen LogP contribution in [-0.2, 0) is 18.4 Å². The Kier molecular flexibility index (Phi) is 4.42. The van der Waals surface area contributed by atoms with Crippen LogP contribution in [0.5, 0.6) is 0 Å². The molecule has 0 bridgehead atoms. The number of aromatic nitrogens is 1. The Labute approximate surface area is 133 Å². The molecule has 3 atom stereocenters. The largest absolute Gasteiger partial charge is 0.303 e. The van der Waals surface area contributed by atoms with E-state index < -0.39 is 0 Å². The summed E-state index contributed by atoms with van der Waals surface area (Å²) in [6.07, 6.45) is 8.97. The molecule has 0 saturated heterocycles. The Morgan fingerprint density at radius 3 is 2.62 bits per heavy atom. The number of aryl methyl sites for hydroxylation is 2. The van der Waals surface area contributed by atoms with Crippen molar-refractivity contribution in [3.8, 4) is 0 Å². The lowest BCUT2D eigenvalue weighted by Gasteiger charge is -2.43. The fraction of sp³-hybridized carbons (Fsp3) is 0.833. The van der Waals surface area contributed by atoms with Gasteiger partial charge in [0.15, 0.2) is 0 Å². The van der Waals surface area contributed by atoms with Crippen LogP contribution in [0.15, 0.2) is 0 Å². The summed E-state index contributed by atoms with van der Waals surface area (Å²) in [6.45, 7) is 9.39. The minimum atomic E-state index is 0.141. The van der Waals surface area contributed by atoms with Crippen molar-refractivity contribution in [2.45, 2.75) is 84.2 Å². The Hall–Kier alpha value is -0.410. The second-order valence-electron chi connectivity index (χ2n) is 7.67. The summed E-state index contributed by atoms with van der Waals surface area (Å²) in [7, 11) is 0. The van der Waals surface area contributed by atoms with E-state index in [-0.39, 0.29) is 5.54 Å². The van der Waals surface area contributed by atoms with Crippen molar-refractivity contribution in [1.29, 1.82) is 0 Å². The highest BCUT2D eigenvalue weighted by molar-refractivity contribution is 7.11. The standard InChI is InChI=1S/C18H30N2S/c1-12(2)20-18(10-9-13(3)14(4)11-18)17-19-15-7-5-6-8-16(15)21-17/h12-14,20H,5-11H2,1-4H3. The molecule has 1 N–H and O–H groups in total. The first-order valence-corrected chi connectivity index (χ1v) is 9.58. The van der Waals surface area contributed by atoms with Crippen molar-refractivity contribution in [1.82, 2.24) is 10.3 Å². The van der Waals surface area contributed by atoms with Gasteiger partial charge < -0.3 is 5.32 Å². The molecular formula is C18H30N2S. The minimum absolute atomic E-state index is 0.141. The van der Waals surface area contributed by atoms with Gasteiger partial charge in [-0.15, -0.1) is 11.3 Å². The molecule has 1 heterocycles. The summed E-state index contributed by atoms with van der Waals surface area (Å²) in [5, 5.41) is 5.31. The molecule has 2 nitrogen and oxygen atoms in total. The van der Waals surface area contributed by atoms with Crippen molar-refractivity contribution in [3.05, 3.63) is 15.6 Å². The van der Waals surface area contributed by atoms with E-state index >= 15 is 0 Å². The molecule has 3 unspecified atom stereocenters. The molecule has 0 amide bonds. The first-order valence-electron chi connectivity index (χ1n) is 8.77. The number of hydrogen-bond acceptors (Lipinski definition) is 3. The summed E-state index contributed by atoms with van der Waals surface area (Å²) in [5.41, 5.74) is 1.56. The third kappa shape index (κ3) is 3.05. The molecule has 2 aliphatic carbocycles. The number of hydrogen-bond donors (Lipinski definition) is 1. The molecular weight excluding hydrogens is 276 g/mol. The fourth-order valence-electron chi connectivity index (χ4n) is 4.11. The van der Waals surface area contributed by atoms with E-state index in [0.717, 1.165) is 11.8 Å². The van der Waals surface area contributed by atoms with Gasteiger partial charge in [-0.05, 0) is 70.6 Å². The van der Waals surface area contributed by atoms with E-state index in [1.165, 1.54) is 55.6 Å². The van der Waals surface area contributed by atoms with Crippen LogP contribution < -0.4 is 5.32 Å². The summed E-state index contributed by atoms with van der Waals surface area (Å²) >= 11 is 2.01. The van der Waals surface area contributed by atoms with Gasteiger partial charge in [-0.1, -0.05) is 13.8 Å². The highest BCUT2D eigenvalue weighted by Gasteiger charge is 2.42. The Bertz CT molecular complexity index is 470. The van der Waals surface area contributed by atoms with Crippen LogP contribution in [0.2, 0.25) is 0 Å². The summed E-state index contributed by atoms with van der Waals surface area (Å²) in [4.78, 5) is 6.69. The first kappa shape index (κ1) is 15.5. The number of fused-ring (bicyclic) bond motifs is 1. The average molecular weight is 307 g/mol. The minimum Gasteiger partial charge on any atom is -0.303 e. The molecule has 1 fully saturated rings. The van der Waals surface area contributed by atoms with Crippen molar-refractivity contribution in [2.75, 3.05) is 0 Å². The molecule has 3 heteroatoms. The second-order valence-corrected chi connectivity index (χ2v) is 8.76. The van der Waals surface area contributed by atoms with E-state index in [2.05, 4.69) is 33.0 Å². The average Bonchev–Trinajstić information content (AvgIpc) is 2.87. The lowest BCUT2D eigenvalue weighted by molar-refractivity contribution is 0.131. The number of nitrogens with zero attached hydrogens (tertiary/aromatic N) is 1. The molecule has 1 aromatic heterocycles. The van der Waals surface area contributed by atoms with Crippen LogP contribution in [0.1, 0.15) is 75.4 Å². The SMILES string of the molecule is CC(C)NC1(c2nc3c(s2)CCCC3)CCC(C)C(C)C1. The van der Waals surface area contributed by atoms with Gasteiger partial charge in [0.05, 0.1) is 11.2 Å². The van der Waals surface area contributed by atoms with Crippen LogP contribution in [0, 0.1) is 11.8 Å². The van der Waals surface area contributed by atoms with Crippen LogP contribution >= 0.6 is 11.3 Å².